The Kier molecular flexibility index (Phi) is 5.99. The molecule has 1 spiro atoms. The van der Waals surface area contributed by atoms with Gasteiger partial charge in [0.05, 0.1) is 41.3 Å². The fourth-order valence-corrected chi connectivity index (χ4v) is 4.82. The number of halogens is 3. The molecule has 0 aromatic heterocycles. The van der Waals surface area contributed by atoms with Crippen LogP contribution in [0.25, 0.3) is 0 Å². The molecule has 1 amide bonds. The number of nitrogens with zero attached hydrogens (tertiary/aromatic N) is 1. The van der Waals surface area contributed by atoms with Crippen molar-refractivity contribution in [1.29, 1.82) is 0 Å². The van der Waals surface area contributed by atoms with Gasteiger partial charge in [0.15, 0.2) is 5.78 Å². The predicted molar refractivity (Wildman–Crippen MR) is 118 cm³/mol. The second-order valence-corrected chi connectivity index (χ2v) is 8.79. The van der Waals surface area contributed by atoms with Crippen molar-refractivity contribution < 1.29 is 23.8 Å². The van der Waals surface area contributed by atoms with E-state index < -0.39 is 5.60 Å². The van der Waals surface area contributed by atoms with Crippen LogP contribution in [0.2, 0.25) is 15.1 Å². The maximum Gasteiger partial charge on any atom is 0.256 e. The molecule has 2 aromatic rings. The fraction of sp³-hybridized carbons (Fsp3) is 0.364. The normalized spacial score (nSPS) is 17.2. The van der Waals surface area contributed by atoms with Gasteiger partial charge in [0.1, 0.15) is 28.4 Å². The van der Waals surface area contributed by atoms with Gasteiger partial charge in [-0.15, -0.1) is 0 Å². The lowest BCUT2D eigenvalue weighted by molar-refractivity contribution is -0.00609. The van der Waals surface area contributed by atoms with Crippen LogP contribution in [0.1, 0.15) is 40.0 Å². The number of fused-ring (bicyclic) bond motifs is 1. The Labute approximate surface area is 194 Å². The summed E-state index contributed by atoms with van der Waals surface area (Å²) in [5.74, 6) is 1.05. The van der Waals surface area contributed by atoms with Crippen molar-refractivity contribution in [2.24, 2.45) is 0 Å². The number of ketones is 1. The number of benzene rings is 2. The van der Waals surface area contributed by atoms with Gasteiger partial charge in [-0.2, -0.15) is 0 Å². The van der Waals surface area contributed by atoms with Gasteiger partial charge >= 0.3 is 0 Å². The van der Waals surface area contributed by atoms with Crippen LogP contribution in [0.15, 0.2) is 24.3 Å². The predicted octanol–water partition coefficient (Wildman–Crippen LogP) is 5.30. The van der Waals surface area contributed by atoms with Crippen LogP contribution in [0, 0.1) is 0 Å². The summed E-state index contributed by atoms with van der Waals surface area (Å²) in [4.78, 5) is 27.7. The quantitative estimate of drug-likeness (QED) is 0.553. The minimum absolute atomic E-state index is 0.0542. The summed E-state index contributed by atoms with van der Waals surface area (Å²) in [5.41, 5.74) is -0.0858. The van der Waals surface area contributed by atoms with Gasteiger partial charge in [-0.3, -0.25) is 9.59 Å². The van der Waals surface area contributed by atoms with Crippen molar-refractivity contribution in [1.82, 2.24) is 4.90 Å². The van der Waals surface area contributed by atoms with Crippen LogP contribution in [-0.2, 0) is 0 Å². The van der Waals surface area contributed by atoms with Gasteiger partial charge in [-0.25, -0.2) is 0 Å². The number of hydrogen-bond acceptors (Lipinski definition) is 5. The standard InChI is InChI=1S/C22H20Cl3NO5/c1-29-12-9-16(30-2)19-15(27)11-22(31-17(19)10-12)5-7-26(8-6-22)21(28)18-13(23)3-4-14(24)20(18)25/h3-4,9-10H,5-8,11H2,1-2H3. The molecule has 0 saturated carbocycles. The zero-order chi connectivity index (χ0) is 22.3. The molecular formula is C22H20Cl3NO5. The average Bonchev–Trinajstić information content (AvgIpc) is 2.75. The highest BCUT2D eigenvalue weighted by molar-refractivity contribution is 6.46. The van der Waals surface area contributed by atoms with Crippen molar-refractivity contribution in [2.45, 2.75) is 24.9 Å². The molecule has 1 saturated heterocycles. The Bertz CT molecular complexity index is 1060. The highest BCUT2D eigenvalue weighted by Gasteiger charge is 2.45. The first-order valence-corrected chi connectivity index (χ1v) is 10.8. The van der Waals surface area contributed by atoms with Crippen LogP contribution in [-0.4, -0.2) is 49.5 Å². The molecule has 0 atom stereocenters. The molecule has 6 nitrogen and oxygen atoms in total. The Hall–Kier alpha value is -2.15. The fourth-order valence-electron chi connectivity index (χ4n) is 4.13. The largest absolute Gasteiger partial charge is 0.496 e. The SMILES string of the molecule is COc1cc(OC)c2c(c1)OC1(CCN(C(=O)c3c(Cl)ccc(Cl)c3Cl)CC1)CC2=O. The molecule has 164 valence electrons. The van der Waals surface area contributed by atoms with E-state index in [1.165, 1.54) is 14.2 Å². The van der Waals surface area contributed by atoms with Gasteiger partial charge in [-0.05, 0) is 12.1 Å². The van der Waals surface area contributed by atoms with Gasteiger partial charge < -0.3 is 19.1 Å². The van der Waals surface area contributed by atoms with Crippen molar-refractivity contribution in [3.8, 4) is 17.2 Å². The summed E-state index contributed by atoms with van der Waals surface area (Å²) in [6.45, 7) is 0.781. The number of piperidine rings is 1. The molecule has 4 rings (SSSR count). The zero-order valence-corrected chi connectivity index (χ0v) is 19.2. The van der Waals surface area contributed by atoms with Gasteiger partial charge in [-0.1, -0.05) is 34.8 Å². The smallest absolute Gasteiger partial charge is 0.256 e. The molecule has 2 heterocycles. The Morgan fingerprint density at radius 1 is 1.06 bits per heavy atom. The summed E-state index contributed by atoms with van der Waals surface area (Å²) < 4.78 is 17.0. The van der Waals surface area contributed by atoms with E-state index in [1.54, 1.807) is 29.2 Å². The summed E-state index contributed by atoms with van der Waals surface area (Å²) in [7, 11) is 3.04. The molecule has 2 aliphatic rings. The summed E-state index contributed by atoms with van der Waals surface area (Å²) in [6.07, 6.45) is 1.18. The monoisotopic (exact) mass is 483 g/mol. The number of rotatable bonds is 3. The van der Waals surface area contributed by atoms with Gasteiger partial charge in [0.25, 0.3) is 5.91 Å². The topological polar surface area (TPSA) is 65.1 Å². The number of methoxy groups -OCH3 is 2. The lowest BCUT2D eigenvalue weighted by Gasteiger charge is -2.44. The molecule has 31 heavy (non-hydrogen) atoms. The Morgan fingerprint density at radius 2 is 1.74 bits per heavy atom. The lowest BCUT2D eigenvalue weighted by atomic mass is 9.82. The van der Waals surface area contributed by atoms with E-state index in [0.29, 0.717) is 48.7 Å². The van der Waals surface area contributed by atoms with Gasteiger partial charge in [0.2, 0.25) is 0 Å². The molecule has 0 N–H and O–H groups in total. The highest BCUT2D eigenvalue weighted by atomic mass is 35.5. The third-order valence-corrected chi connectivity index (χ3v) is 6.92. The molecule has 0 bridgehead atoms. The number of amides is 1. The van der Waals surface area contributed by atoms with Crippen molar-refractivity contribution in [3.63, 3.8) is 0 Å². The van der Waals surface area contributed by atoms with E-state index in [0.717, 1.165) is 0 Å². The van der Waals surface area contributed by atoms with E-state index in [9.17, 15) is 9.59 Å². The molecule has 2 aliphatic heterocycles. The summed E-state index contributed by atoms with van der Waals surface area (Å²) >= 11 is 18.5. The Morgan fingerprint density at radius 3 is 2.39 bits per heavy atom. The molecule has 0 unspecified atom stereocenters. The third-order valence-electron chi connectivity index (χ3n) is 5.80. The minimum Gasteiger partial charge on any atom is -0.496 e. The first-order chi connectivity index (χ1) is 14.8. The molecule has 2 aromatic carbocycles. The van der Waals surface area contributed by atoms with Crippen molar-refractivity contribution in [2.75, 3.05) is 27.3 Å². The number of likely N-dealkylation sites (tertiary alicyclic amines) is 1. The van der Waals surface area contributed by atoms with E-state index in [1.807, 2.05) is 0 Å². The maximum absolute atomic E-state index is 13.1. The molecule has 0 aliphatic carbocycles. The van der Waals surface area contributed by atoms with E-state index in [-0.39, 0.29) is 38.7 Å². The van der Waals surface area contributed by atoms with Crippen molar-refractivity contribution in [3.05, 3.63) is 50.5 Å². The van der Waals surface area contributed by atoms with Crippen LogP contribution in [0.3, 0.4) is 0 Å². The second-order valence-electron chi connectivity index (χ2n) is 7.60. The maximum atomic E-state index is 13.1. The van der Waals surface area contributed by atoms with Crippen LogP contribution in [0.4, 0.5) is 0 Å². The van der Waals surface area contributed by atoms with Gasteiger partial charge in [0, 0.05) is 38.1 Å². The van der Waals surface area contributed by atoms with E-state index in [4.69, 9.17) is 49.0 Å². The number of ether oxygens (including phenoxy) is 3. The molecule has 9 heteroatoms. The van der Waals surface area contributed by atoms with E-state index in [2.05, 4.69) is 0 Å². The Balaban J connectivity index is 1.56. The average molecular weight is 485 g/mol. The number of carbonyl (C=O) groups excluding carboxylic acids is 2. The first kappa shape index (κ1) is 22.1. The van der Waals surface area contributed by atoms with E-state index >= 15 is 0 Å². The summed E-state index contributed by atoms with van der Waals surface area (Å²) in [6, 6.07) is 6.46. The van der Waals surface area contributed by atoms with Crippen molar-refractivity contribution >= 4 is 46.5 Å². The van der Waals surface area contributed by atoms with Crippen LogP contribution >= 0.6 is 34.8 Å². The summed E-state index contributed by atoms with van der Waals surface area (Å²) in [5, 5.41) is 0.650. The zero-order valence-electron chi connectivity index (χ0n) is 17.0. The number of hydrogen-bond donors (Lipinski definition) is 0. The second kappa shape index (κ2) is 8.41. The number of carbonyl (C=O) groups is 2. The minimum atomic E-state index is -0.694. The van der Waals surface area contributed by atoms with Crippen LogP contribution in [0.5, 0.6) is 17.2 Å². The third kappa shape index (κ3) is 3.93. The first-order valence-electron chi connectivity index (χ1n) is 9.69. The van der Waals surface area contributed by atoms with Crippen LogP contribution < -0.4 is 14.2 Å². The highest BCUT2D eigenvalue weighted by Crippen LogP contribution is 2.45. The lowest BCUT2D eigenvalue weighted by Crippen LogP contribution is -2.52. The molecular weight excluding hydrogens is 465 g/mol. The number of Topliss-reactive ketones (excluding diaryl/α,β-unsaturated/α-hetero) is 1. The molecule has 1 fully saturated rings. The molecule has 0 radical (unpaired) electrons.